The van der Waals surface area contributed by atoms with Gasteiger partial charge in [0.1, 0.15) is 17.6 Å². The van der Waals surface area contributed by atoms with Gasteiger partial charge in [-0.1, -0.05) is 19.4 Å². The lowest BCUT2D eigenvalue weighted by molar-refractivity contribution is -0.118. The highest BCUT2D eigenvalue weighted by Crippen LogP contribution is 2.27. The van der Waals surface area contributed by atoms with E-state index in [-0.39, 0.29) is 11.8 Å². The van der Waals surface area contributed by atoms with Gasteiger partial charge in [-0.05, 0) is 67.2 Å². The summed E-state index contributed by atoms with van der Waals surface area (Å²) in [6.45, 7) is 7.61. The Morgan fingerprint density at radius 2 is 1.93 bits per heavy atom. The number of hydrogen-bond acceptors (Lipinski definition) is 4. The van der Waals surface area contributed by atoms with E-state index in [1.54, 1.807) is 13.8 Å². The van der Waals surface area contributed by atoms with Gasteiger partial charge in [0.25, 0.3) is 5.91 Å². The summed E-state index contributed by atoms with van der Waals surface area (Å²) < 4.78 is 6.14. The summed E-state index contributed by atoms with van der Waals surface area (Å²) in [6.07, 6.45) is 3.72. The van der Waals surface area contributed by atoms with Gasteiger partial charge in [0.2, 0.25) is 5.91 Å². The molecule has 2 amide bonds. The molecule has 0 saturated carbocycles. The normalized spacial score (nSPS) is 14.7. The van der Waals surface area contributed by atoms with E-state index >= 15 is 0 Å². The van der Waals surface area contributed by atoms with Gasteiger partial charge >= 0.3 is 0 Å². The van der Waals surface area contributed by atoms with Crippen molar-refractivity contribution in [2.75, 3.05) is 23.3 Å². The van der Waals surface area contributed by atoms with Crippen LogP contribution in [-0.2, 0) is 4.79 Å². The number of furan rings is 1. The molecule has 1 aliphatic rings. The summed E-state index contributed by atoms with van der Waals surface area (Å²) in [5, 5.41) is 5.83. The van der Waals surface area contributed by atoms with E-state index < -0.39 is 6.04 Å². The Morgan fingerprint density at radius 3 is 2.55 bits per heavy atom. The van der Waals surface area contributed by atoms with Crippen LogP contribution in [0.15, 0.2) is 33.2 Å². The largest absolute Gasteiger partial charge is 0.465 e. The Balaban J connectivity index is 1.71. The zero-order chi connectivity index (χ0) is 21.0. The van der Waals surface area contributed by atoms with Crippen molar-refractivity contribution in [3.05, 3.63) is 45.8 Å². The predicted molar refractivity (Wildman–Crippen MR) is 119 cm³/mol. The number of carbonyl (C=O) groups is 2. The van der Waals surface area contributed by atoms with E-state index in [1.807, 2.05) is 25.1 Å². The highest BCUT2D eigenvalue weighted by atomic mass is 79.9. The first-order valence-corrected chi connectivity index (χ1v) is 10.9. The van der Waals surface area contributed by atoms with Crippen molar-refractivity contribution in [3.63, 3.8) is 0 Å². The summed E-state index contributed by atoms with van der Waals surface area (Å²) in [6, 6.07) is 7.26. The third-order valence-electron chi connectivity index (χ3n) is 5.20. The van der Waals surface area contributed by atoms with Gasteiger partial charge in [0.05, 0.1) is 10.0 Å². The minimum Gasteiger partial charge on any atom is -0.465 e. The molecule has 6 nitrogen and oxygen atoms in total. The van der Waals surface area contributed by atoms with Gasteiger partial charge in [-0.3, -0.25) is 9.59 Å². The third-order valence-corrected chi connectivity index (χ3v) is 6.15. The lowest BCUT2D eigenvalue weighted by Crippen LogP contribution is -2.43. The predicted octanol–water partition coefficient (Wildman–Crippen LogP) is 4.80. The number of amides is 2. The number of hydrogen-bond donors (Lipinski definition) is 2. The molecule has 1 saturated heterocycles. The van der Waals surface area contributed by atoms with E-state index in [0.29, 0.717) is 28.0 Å². The van der Waals surface area contributed by atoms with Crippen LogP contribution in [0.25, 0.3) is 0 Å². The van der Waals surface area contributed by atoms with Gasteiger partial charge < -0.3 is 20.0 Å². The molecule has 2 heterocycles. The average Bonchev–Trinajstić information content (AvgIpc) is 3.30. The lowest BCUT2D eigenvalue weighted by atomic mass is 10.1. The van der Waals surface area contributed by atoms with Crippen LogP contribution in [0.4, 0.5) is 11.4 Å². The molecule has 1 aromatic carbocycles. The summed E-state index contributed by atoms with van der Waals surface area (Å²) in [4.78, 5) is 28.0. The van der Waals surface area contributed by atoms with Gasteiger partial charge in [-0.15, -0.1) is 0 Å². The Bertz CT molecular complexity index is 887. The number of rotatable bonds is 7. The summed E-state index contributed by atoms with van der Waals surface area (Å²) in [7, 11) is 0. The molecule has 7 heteroatoms. The van der Waals surface area contributed by atoms with E-state index in [0.717, 1.165) is 30.9 Å². The van der Waals surface area contributed by atoms with E-state index in [4.69, 9.17) is 4.42 Å². The molecule has 0 bridgehead atoms. The van der Waals surface area contributed by atoms with Crippen molar-refractivity contribution in [2.45, 2.75) is 52.5 Å². The Hall–Kier alpha value is -2.28. The molecule has 1 aromatic heterocycles. The van der Waals surface area contributed by atoms with Crippen LogP contribution in [0, 0.1) is 13.8 Å². The first-order chi connectivity index (χ1) is 13.9. The quantitative estimate of drug-likeness (QED) is 0.620. The number of nitrogens with zero attached hydrogens (tertiary/aromatic N) is 1. The third kappa shape index (κ3) is 5.01. The van der Waals surface area contributed by atoms with Crippen LogP contribution in [0.2, 0.25) is 0 Å². The first-order valence-electron chi connectivity index (χ1n) is 10.1. The average molecular weight is 462 g/mol. The fraction of sp³-hybridized carbons (Fsp3) is 0.455. The molecule has 156 valence electrons. The molecule has 0 radical (unpaired) electrons. The Kier molecular flexibility index (Phi) is 7.00. The van der Waals surface area contributed by atoms with Crippen LogP contribution < -0.4 is 15.5 Å². The molecule has 0 spiro atoms. The minimum atomic E-state index is -0.621. The molecule has 0 aliphatic carbocycles. The zero-order valence-corrected chi connectivity index (χ0v) is 18.8. The van der Waals surface area contributed by atoms with Gasteiger partial charge in [0, 0.05) is 24.5 Å². The van der Waals surface area contributed by atoms with Crippen LogP contribution in [0.1, 0.15) is 54.5 Å². The van der Waals surface area contributed by atoms with E-state index in [2.05, 4.69) is 37.5 Å². The fourth-order valence-corrected chi connectivity index (χ4v) is 4.23. The van der Waals surface area contributed by atoms with E-state index in [1.165, 1.54) is 12.8 Å². The molecule has 1 fully saturated rings. The van der Waals surface area contributed by atoms with Crippen molar-refractivity contribution in [2.24, 2.45) is 0 Å². The van der Waals surface area contributed by atoms with Crippen molar-refractivity contribution >= 4 is 39.1 Å². The Morgan fingerprint density at radius 1 is 1.21 bits per heavy atom. The molecule has 1 atom stereocenters. The summed E-state index contributed by atoms with van der Waals surface area (Å²) in [5.74, 6) is 0.641. The maximum atomic E-state index is 12.9. The second-order valence-corrected chi connectivity index (χ2v) is 8.24. The van der Waals surface area contributed by atoms with Crippen LogP contribution in [0.3, 0.4) is 0 Å². The van der Waals surface area contributed by atoms with Crippen molar-refractivity contribution in [1.29, 1.82) is 0 Å². The standard InChI is InChI=1S/C22H28BrN3O3/c1-4-8-18(25-22(28)19-14(2)29-15(3)20(19)23)21(27)24-16-9-7-10-17(13-16)26-11-5-6-12-26/h7,9-10,13,18H,4-6,8,11-12H2,1-3H3,(H,24,27)(H,25,28). The Labute approximate surface area is 180 Å². The maximum absolute atomic E-state index is 12.9. The number of halogens is 1. The molecular formula is C22H28BrN3O3. The maximum Gasteiger partial charge on any atom is 0.256 e. The van der Waals surface area contributed by atoms with Crippen LogP contribution in [0.5, 0.6) is 0 Å². The molecule has 1 aliphatic heterocycles. The number of benzene rings is 1. The smallest absolute Gasteiger partial charge is 0.256 e. The van der Waals surface area contributed by atoms with Crippen molar-refractivity contribution in [3.8, 4) is 0 Å². The molecule has 2 N–H and O–H groups in total. The lowest BCUT2D eigenvalue weighted by Gasteiger charge is -2.20. The van der Waals surface area contributed by atoms with Crippen LogP contribution in [-0.4, -0.2) is 30.9 Å². The second-order valence-electron chi connectivity index (χ2n) is 7.45. The van der Waals surface area contributed by atoms with Gasteiger partial charge in [-0.25, -0.2) is 0 Å². The molecule has 3 rings (SSSR count). The number of nitrogens with one attached hydrogen (secondary N) is 2. The molecule has 1 unspecified atom stereocenters. The van der Waals surface area contributed by atoms with Gasteiger partial charge in [0.15, 0.2) is 0 Å². The fourth-order valence-electron chi connectivity index (χ4n) is 3.69. The van der Waals surface area contributed by atoms with E-state index in [9.17, 15) is 9.59 Å². The first kappa shape index (κ1) is 21.4. The SMILES string of the molecule is CCCC(NC(=O)c1c(C)oc(C)c1Br)C(=O)Nc1cccc(N2CCCC2)c1. The summed E-state index contributed by atoms with van der Waals surface area (Å²) in [5.41, 5.74) is 2.29. The number of aryl methyl sites for hydroxylation is 2. The minimum absolute atomic E-state index is 0.215. The number of carbonyl (C=O) groups excluding carboxylic acids is 2. The monoisotopic (exact) mass is 461 g/mol. The molecular weight excluding hydrogens is 434 g/mol. The van der Waals surface area contributed by atoms with Crippen molar-refractivity contribution < 1.29 is 14.0 Å². The zero-order valence-electron chi connectivity index (χ0n) is 17.2. The highest BCUT2D eigenvalue weighted by molar-refractivity contribution is 9.10. The molecule has 2 aromatic rings. The number of anilines is 2. The van der Waals surface area contributed by atoms with Crippen molar-refractivity contribution in [1.82, 2.24) is 5.32 Å². The summed E-state index contributed by atoms with van der Waals surface area (Å²) >= 11 is 3.40. The highest BCUT2D eigenvalue weighted by Gasteiger charge is 2.25. The second kappa shape index (κ2) is 9.48. The topological polar surface area (TPSA) is 74.6 Å². The van der Waals surface area contributed by atoms with Crippen LogP contribution >= 0.6 is 15.9 Å². The van der Waals surface area contributed by atoms with Gasteiger partial charge in [-0.2, -0.15) is 0 Å². The molecule has 29 heavy (non-hydrogen) atoms.